The molecule has 1 fully saturated rings. The highest BCUT2D eigenvalue weighted by Crippen LogP contribution is 2.34. The number of fused-ring (bicyclic) bond motifs is 1. The fraction of sp³-hybridized carbons (Fsp3) is 0.444. The maximum atomic E-state index is 12.9. The van der Waals surface area contributed by atoms with Crippen LogP contribution < -0.4 is 10.2 Å². The van der Waals surface area contributed by atoms with Crippen molar-refractivity contribution in [1.82, 2.24) is 10.2 Å². The lowest BCUT2D eigenvalue weighted by molar-refractivity contribution is -0.136. The van der Waals surface area contributed by atoms with Crippen LogP contribution in [0.2, 0.25) is 0 Å². The van der Waals surface area contributed by atoms with Gasteiger partial charge >= 0.3 is 0 Å². The number of piperidine rings is 1. The molecule has 1 saturated heterocycles. The summed E-state index contributed by atoms with van der Waals surface area (Å²) in [5, 5.41) is 2.37. The van der Waals surface area contributed by atoms with E-state index in [4.69, 9.17) is 0 Å². The van der Waals surface area contributed by atoms with Crippen LogP contribution in [0.15, 0.2) is 53.4 Å². The number of carbonyl (C=O) groups excluding carboxylic acids is 3. The first-order valence-electron chi connectivity index (χ1n) is 12.2. The van der Waals surface area contributed by atoms with Crippen LogP contribution in [-0.2, 0) is 16.1 Å². The van der Waals surface area contributed by atoms with Gasteiger partial charge in [0, 0.05) is 42.7 Å². The highest BCUT2D eigenvalue weighted by Gasteiger charge is 2.39. The minimum Gasteiger partial charge on any atom is -0.375 e. The molecular formula is C27H33N3O3S. The molecule has 2 aromatic carbocycles. The molecule has 2 heterocycles. The summed E-state index contributed by atoms with van der Waals surface area (Å²) in [6.45, 7) is 1.52. The van der Waals surface area contributed by atoms with Crippen molar-refractivity contribution >= 4 is 35.2 Å². The number of hydrogen-bond donors (Lipinski definition) is 1. The monoisotopic (exact) mass is 479 g/mol. The van der Waals surface area contributed by atoms with Crippen LogP contribution in [0.3, 0.4) is 0 Å². The molecule has 0 radical (unpaired) electrons. The minimum atomic E-state index is -0.559. The first-order chi connectivity index (χ1) is 16.5. The smallest absolute Gasteiger partial charge is 0.255 e. The molecule has 1 N–H and O–H groups in total. The lowest BCUT2D eigenvalue weighted by Crippen LogP contribution is -2.52. The van der Waals surface area contributed by atoms with E-state index in [2.05, 4.69) is 47.6 Å². The second-order valence-corrected chi connectivity index (χ2v) is 10.2. The summed E-state index contributed by atoms with van der Waals surface area (Å²) in [6.07, 6.45) is 6.69. The lowest BCUT2D eigenvalue weighted by Gasteiger charge is -2.29. The maximum Gasteiger partial charge on any atom is 0.255 e. The molecule has 34 heavy (non-hydrogen) atoms. The van der Waals surface area contributed by atoms with Crippen molar-refractivity contribution in [2.45, 2.75) is 62.4 Å². The molecule has 0 spiro atoms. The van der Waals surface area contributed by atoms with Crippen LogP contribution in [0, 0.1) is 0 Å². The molecule has 2 aliphatic rings. The van der Waals surface area contributed by atoms with Crippen molar-refractivity contribution < 1.29 is 14.4 Å². The van der Waals surface area contributed by atoms with E-state index in [1.807, 2.05) is 18.2 Å². The Morgan fingerprint density at radius 2 is 1.74 bits per heavy atom. The standard InChI is InChI=1S/C27H33N3O3S/c1-29(20-11-6-5-7-12-20)17-8-3-2-4-9-18-34-24-14-10-13-21-22(24)19-30(27(21)33)23-15-16-25(31)28-26(23)32/h5-7,10-14,23H,2-4,8-9,15-19H2,1H3,(H,28,31,32). The van der Waals surface area contributed by atoms with Gasteiger partial charge in [-0.15, -0.1) is 11.8 Å². The minimum absolute atomic E-state index is 0.104. The first kappa shape index (κ1) is 24.3. The molecule has 0 bridgehead atoms. The van der Waals surface area contributed by atoms with E-state index in [-0.39, 0.29) is 24.1 Å². The fourth-order valence-electron chi connectivity index (χ4n) is 4.67. The Labute approximate surface area is 206 Å². The third-order valence-electron chi connectivity index (χ3n) is 6.63. The number of nitrogens with one attached hydrogen (secondary N) is 1. The van der Waals surface area contributed by atoms with Crippen molar-refractivity contribution in [3.63, 3.8) is 0 Å². The predicted octanol–water partition coefficient (Wildman–Crippen LogP) is 4.63. The molecule has 180 valence electrons. The van der Waals surface area contributed by atoms with Gasteiger partial charge in [-0.2, -0.15) is 0 Å². The molecule has 3 amide bonds. The average Bonchev–Trinajstić information content (AvgIpc) is 3.18. The normalized spacial score (nSPS) is 17.6. The van der Waals surface area contributed by atoms with Gasteiger partial charge in [-0.1, -0.05) is 43.5 Å². The first-order valence-corrected chi connectivity index (χ1v) is 13.2. The van der Waals surface area contributed by atoms with Gasteiger partial charge < -0.3 is 9.80 Å². The highest BCUT2D eigenvalue weighted by molar-refractivity contribution is 7.99. The van der Waals surface area contributed by atoms with Crippen molar-refractivity contribution in [2.24, 2.45) is 0 Å². The third-order valence-corrected chi connectivity index (χ3v) is 7.82. The Kier molecular flexibility index (Phi) is 8.27. The van der Waals surface area contributed by atoms with E-state index >= 15 is 0 Å². The fourth-order valence-corrected chi connectivity index (χ4v) is 5.76. The van der Waals surface area contributed by atoms with Gasteiger partial charge in [0.15, 0.2) is 0 Å². The molecular weight excluding hydrogens is 446 g/mol. The number of rotatable bonds is 11. The number of para-hydroxylation sites is 1. The van der Waals surface area contributed by atoms with Gasteiger partial charge in [0.2, 0.25) is 11.8 Å². The van der Waals surface area contributed by atoms with Crippen LogP contribution >= 0.6 is 11.8 Å². The zero-order valence-corrected chi connectivity index (χ0v) is 20.6. The van der Waals surface area contributed by atoms with Crippen LogP contribution in [0.5, 0.6) is 0 Å². The van der Waals surface area contributed by atoms with E-state index in [0.717, 1.165) is 29.2 Å². The topological polar surface area (TPSA) is 69.7 Å². The number of anilines is 1. The molecule has 4 rings (SSSR count). The summed E-state index contributed by atoms with van der Waals surface area (Å²) in [5.74, 6) is 0.298. The van der Waals surface area contributed by atoms with E-state index < -0.39 is 6.04 Å². The molecule has 0 aromatic heterocycles. The maximum absolute atomic E-state index is 12.9. The summed E-state index contributed by atoms with van der Waals surface area (Å²) < 4.78 is 0. The Morgan fingerprint density at radius 3 is 2.53 bits per heavy atom. The quantitative estimate of drug-likeness (QED) is 0.289. The average molecular weight is 480 g/mol. The molecule has 1 atom stereocenters. The van der Waals surface area contributed by atoms with E-state index in [9.17, 15) is 14.4 Å². The van der Waals surface area contributed by atoms with Crippen LogP contribution in [-0.4, -0.2) is 48.0 Å². The Hall–Kier alpha value is -2.80. The van der Waals surface area contributed by atoms with Gasteiger partial charge in [-0.25, -0.2) is 0 Å². The molecule has 0 saturated carbocycles. The number of unbranched alkanes of at least 4 members (excludes halogenated alkanes) is 4. The molecule has 1 unspecified atom stereocenters. The Bertz CT molecular complexity index is 1030. The predicted molar refractivity (Wildman–Crippen MR) is 136 cm³/mol. The van der Waals surface area contributed by atoms with Gasteiger partial charge in [-0.3, -0.25) is 19.7 Å². The number of thioether (sulfide) groups is 1. The number of carbonyl (C=O) groups is 3. The molecule has 6 nitrogen and oxygen atoms in total. The number of amides is 3. The van der Waals surface area contributed by atoms with Gasteiger partial charge in [0.1, 0.15) is 6.04 Å². The van der Waals surface area contributed by atoms with Crippen molar-refractivity contribution in [3.8, 4) is 0 Å². The van der Waals surface area contributed by atoms with Gasteiger partial charge in [0.25, 0.3) is 5.91 Å². The Morgan fingerprint density at radius 1 is 0.971 bits per heavy atom. The molecule has 2 aliphatic heterocycles. The van der Waals surface area contributed by atoms with Gasteiger partial charge in [0.05, 0.1) is 0 Å². The summed E-state index contributed by atoms with van der Waals surface area (Å²) in [7, 11) is 2.15. The van der Waals surface area contributed by atoms with Gasteiger partial charge in [-0.05, 0) is 54.8 Å². The zero-order chi connectivity index (χ0) is 23.9. The van der Waals surface area contributed by atoms with E-state index in [0.29, 0.717) is 18.5 Å². The highest BCUT2D eigenvalue weighted by atomic mass is 32.2. The SMILES string of the molecule is CN(CCCCCCCSc1cccc2c1CN(C1CCC(=O)NC1=O)C2=O)c1ccccc1. The molecule has 2 aromatic rings. The summed E-state index contributed by atoms with van der Waals surface area (Å²) in [4.78, 5) is 41.7. The number of benzene rings is 2. The summed E-state index contributed by atoms with van der Waals surface area (Å²) >= 11 is 1.80. The van der Waals surface area contributed by atoms with Crippen LogP contribution in [0.1, 0.15) is 60.9 Å². The summed E-state index contributed by atoms with van der Waals surface area (Å²) in [5.41, 5.74) is 2.98. The van der Waals surface area contributed by atoms with E-state index in [1.54, 1.807) is 16.7 Å². The largest absolute Gasteiger partial charge is 0.375 e. The second-order valence-electron chi connectivity index (χ2n) is 9.06. The zero-order valence-electron chi connectivity index (χ0n) is 19.8. The van der Waals surface area contributed by atoms with Crippen molar-refractivity contribution in [1.29, 1.82) is 0 Å². The third kappa shape index (κ3) is 5.81. The van der Waals surface area contributed by atoms with Crippen LogP contribution in [0.25, 0.3) is 0 Å². The second kappa shape index (κ2) is 11.6. The lowest BCUT2D eigenvalue weighted by atomic mass is 10.0. The van der Waals surface area contributed by atoms with E-state index in [1.165, 1.54) is 31.4 Å². The molecule has 7 heteroatoms. The Balaban J connectivity index is 1.18. The number of imide groups is 1. The van der Waals surface area contributed by atoms with Crippen molar-refractivity contribution in [2.75, 3.05) is 24.2 Å². The number of nitrogens with zero attached hydrogens (tertiary/aromatic N) is 2. The van der Waals surface area contributed by atoms with Crippen LogP contribution in [0.4, 0.5) is 5.69 Å². The number of hydrogen-bond acceptors (Lipinski definition) is 5. The van der Waals surface area contributed by atoms with Crippen molar-refractivity contribution in [3.05, 3.63) is 59.7 Å². The molecule has 0 aliphatic carbocycles. The summed E-state index contributed by atoms with van der Waals surface area (Å²) in [6, 6.07) is 15.8.